The fourth-order valence-electron chi connectivity index (χ4n) is 1.27. The van der Waals surface area contributed by atoms with Gasteiger partial charge in [-0.1, -0.05) is 31.7 Å². The molecule has 0 atom stereocenters. The molecule has 0 aliphatic heterocycles. The summed E-state index contributed by atoms with van der Waals surface area (Å²) in [5, 5.41) is 12.2. The Labute approximate surface area is 103 Å². The summed E-state index contributed by atoms with van der Waals surface area (Å²) in [6, 6.07) is 0. The third-order valence-corrected chi connectivity index (χ3v) is 3.32. The van der Waals surface area contributed by atoms with Crippen LogP contribution in [0.4, 0.5) is 0 Å². The van der Waals surface area contributed by atoms with Crippen molar-refractivity contribution in [3.8, 4) is 0 Å². The van der Waals surface area contributed by atoms with Crippen LogP contribution in [-0.2, 0) is 0 Å². The van der Waals surface area contributed by atoms with Crippen molar-refractivity contribution in [2.24, 2.45) is 5.73 Å². The van der Waals surface area contributed by atoms with E-state index < -0.39 is 0 Å². The number of aliphatic hydroxyl groups excluding tert-OH is 1. The first-order valence-electron chi connectivity index (χ1n) is 5.82. The van der Waals surface area contributed by atoms with Gasteiger partial charge in [-0.05, 0) is 25.2 Å². The van der Waals surface area contributed by atoms with Crippen molar-refractivity contribution in [2.45, 2.75) is 33.6 Å². The number of nitrogens with zero attached hydrogens (tertiary/aromatic N) is 1. The summed E-state index contributed by atoms with van der Waals surface area (Å²) in [5.74, 6) is 0. The molecule has 16 heavy (non-hydrogen) atoms. The second-order valence-corrected chi connectivity index (χ2v) is 4.39. The van der Waals surface area contributed by atoms with Gasteiger partial charge < -0.3 is 15.7 Å². The van der Waals surface area contributed by atoms with Crippen molar-refractivity contribution < 1.29 is 5.11 Å². The molecule has 0 rings (SSSR count). The zero-order valence-corrected chi connectivity index (χ0v) is 11.4. The van der Waals surface area contributed by atoms with E-state index in [1.165, 1.54) is 0 Å². The van der Waals surface area contributed by atoms with Crippen LogP contribution in [0.3, 0.4) is 0 Å². The maximum atomic E-state index is 9.01. The molecule has 0 spiro atoms. The first-order chi connectivity index (χ1) is 7.69. The van der Waals surface area contributed by atoms with Crippen LogP contribution in [0, 0.1) is 0 Å². The average molecular weight is 244 g/mol. The minimum atomic E-state index is 0.185. The SMILES string of the molecule is C/C=C(\S/C=C(\N)CC)N(CCC)CCO. The van der Waals surface area contributed by atoms with E-state index >= 15 is 0 Å². The Balaban J connectivity index is 4.43. The van der Waals surface area contributed by atoms with Gasteiger partial charge in [-0.2, -0.15) is 0 Å². The topological polar surface area (TPSA) is 49.5 Å². The van der Waals surface area contributed by atoms with Gasteiger partial charge in [0.2, 0.25) is 0 Å². The number of aliphatic hydroxyl groups is 1. The molecule has 3 N–H and O–H groups in total. The molecular weight excluding hydrogens is 220 g/mol. The highest BCUT2D eigenvalue weighted by molar-refractivity contribution is 8.05. The Kier molecular flexibility index (Phi) is 9.24. The van der Waals surface area contributed by atoms with Gasteiger partial charge in [0.1, 0.15) is 0 Å². The van der Waals surface area contributed by atoms with E-state index in [0.29, 0.717) is 6.54 Å². The largest absolute Gasteiger partial charge is 0.402 e. The molecule has 0 saturated carbocycles. The maximum absolute atomic E-state index is 9.01. The van der Waals surface area contributed by atoms with Gasteiger partial charge in [-0.25, -0.2) is 0 Å². The molecule has 0 amide bonds. The van der Waals surface area contributed by atoms with E-state index in [4.69, 9.17) is 10.8 Å². The summed E-state index contributed by atoms with van der Waals surface area (Å²) < 4.78 is 0. The molecule has 0 radical (unpaired) electrons. The molecule has 94 valence electrons. The van der Waals surface area contributed by atoms with E-state index in [0.717, 1.165) is 30.1 Å². The van der Waals surface area contributed by atoms with E-state index in [-0.39, 0.29) is 6.61 Å². The van der Waals surface area contributed by atoms with Gasteiger partial charge in [0.15, 0.2) is 0 Å². The normalized spacial score (nSPS) is 13.0. The lowest BCUT2D eigenvalue weighted by Crippen LogP contribution is -2.25. The summed E-state index contributed by atoms with van der Waals surface area (Å²) in [4.78, 5) is 2.18. The fraction of sp³-hybridized carbons (Fsp3) is 0.667. The lowest BCUT2D eigenvalue weighted by Gasteiger charge is -2.24. The number of rotatable bonds is 8. The molecule has 0 aromatic rings. The van der Waals surface area contributed by atoms with Crippen LogP contribution in [0.2, 0.25) is 0 Å². The Morgan fingerprint density at radius 2 is 2.06 bits per heavy atom. The van der Waals surface area contributed by atoms with Crippen LogP contribution in [-0.4, -0.2) is 29.7 Å². The molecule has 4 heteroatoms. The van der Waals surface area contributed by atoms with Crippen molar-refractivity contribution in [3.05, 3.63) is 22.2 Å². The van der Waals surface area contributed by atoms with E-state index in [1.807, 2.05) is 19.3 Å². The molecule has 0 fully saturated rings. The number of hydrogen-bond acceptors (Lipinski definition) is 4. The highest BCUT2D eigenvalue weighted by Crippen LogP contribution is 2.22. The molecule has 0 bridgehead atoms. The molecular formula is C12H24N2OS. The van der Waals surface area contributed by atoms with Gasteiger partial charge in [-0.3, -0.25) is 0 Å². The van der Waals surface area contributed by atoms with Crippen molar-refractivity contribution in [3.63, 3.8) is 0 Å². The Morgan fingerprint density at radius 3 is 2.50 bits per heavy atom. The average Bonchev–Trinajstić information content (AvgIpc) is 2.30. The van der Waals surface area contributed by atoms with Gasteiger partial charge >= 0.3 is 0 Å². The Bertz CT molecular complexity index is 233. The number of nitrogens with two attached hydrogens (primary N) is 1. The second kappa shape index (κ2) is 9.60. The zero-order chi connectivity index (χ0) is 12.4. The Morgan fingerprint density at radius 1 is 1.38 bits per heavy atom. The molecule has 0 aliphatic carbocycles. The van der Waals surface area contributed by atoms with Gasteiger partial charge in [0.05, 0.1) is 11.6 Å². The van der Waals surface area contributed by atoms with Crippen LogP contribution in [0.5, 0.6) is 0 Å². The maximum Gasteiger partial charge on any atom is 0.0707 e. The van der Waals surface area contributed by atoms with Crippen LogP contribution >= 0.6 is 11.8 Å². The van der Waals surface area contributed by atoms with Crippen molar-refractivity contribution in [2.75, 3.05) is 19.7 Å². The lowest BCUT2D eigenvalue weighted by atomic mass is 10.4. The van der Waals surface area contributed by atoms with E-state index in [1.54, 1.807) is 11.8 Å². The summed E-state index contributed by atoms with van der Waals surface area (Å²) in [5.41, 5.74) is 6.66. The molecule has 0 aliphatic rings. The standard InChI is InChI=1S/C12H24N2OS/c1-4-7-14(8-9-15)12(6-3)16-10-11(13)5-2/h6,10,15H,4-5,7-9,13H2,1-3H3/b11-10-,12-6-. The fourth-order valence-corrected chi connectivity index (χ4v) is 2.17. The lowest BCUT2D eigenvalue weighted by molar-refractivity contribution is 0.233. The van der Waals surface area contributed by atoms with Crippen LogP contribution in [0.1, 0.15) is 33.6 Å². The molecule has 0 heterocycles. The number of allylic oxidation sites excluding steroid dienone is 2. The van der Waals surface area contributed by atoms with Gasteiger partial charge in [0, 0.05) is 18.8 Å². The second-order valence-electron chi connectivity index (χ2n) is 3.50. The smallest absolute Gasteiger partial charge is 0.0707 e. The number of thioether (sulfide) groups is 1. The molecule has 0 saturated heterocycles. The third-order valence-electron chi connectivity index (χ3n) is 2.16. The van der Waals surface area contributed by atoms with Crippen LogP contribution < -0.4 is 5.73 Å². The minimum absolute atomic E-state index is 0.185. The first-order valence-corrected chi connectivity index (χ1v) is 6.70. The summed E-state index contributed by atoms with van der Waals surface area (Å²) in [6.07, 6.45) is 4.01. The van der Waals surface area contributed by atoms with Crippen LogP contribution in [0.25, 0.3) is 0 Å². The predicted octanol–water partition coefficient (Wildman–Crippen LogP) is 2.50. The highest BCUT2D eigenvalue weighted by atomic mass is 32.2. The minimum Gasteiger partial charge on any atom is -0.402 e. The molecule has 3 nitrogen and oxygen atoms in total. The van der Waals surface area contributed by atoms with Crippen molar-refractivity contribution in [1.29, 1.82) is 0 Å². The predicted molar refractivity (Wildman–Crippen MR) is 72.9 cm³/mol. The molecule has 0 aromatic carbocycles. The third kappa shape index (κ3) is 6.08. The highest BCUT2D eigenvalue weighted by Gasteiger charge is 2.06. The molecule has 0 unspecified atom stereocenters. The molecule has 0 aromatic heterocycles. The summed E-state index contributed by atoms with van der Waals surface area (Å²) >= 11 is 1.63. The Hall–Kier alpha value is -0.610. The zero-order valence-electron chi connectivity index (χ0n) is 10.6. The van der Waals surface area contributed by atoms with E-state index in [2.05, 4.69) is 17.9 Å². The monoisotopic (exact) mass is 244 g/mol. The summed E-state index contributed by atoms with van der Waals surface area (Å²) in [6.45, 7) is 8.02. The van der Waals surface area contributed by atoms with Crippen molar-refractivity contribution >= 4 is 11.8 Å². The first kappa shape index (κ1) is 15.4. The number of hydrogen-bond donors (Lipinski definition) is 2. The quantitative estimate of drug-likeness (QED) is 0.689. The van der Waals surface area contributed by atoms with E-state index in [9.17, 15) is 0 Å². The summed E-state index contributed by atoms with van der Waals surface area (Å²) in [7, 11) is 0. The van der Waals surface area contributed by atoms with Crippen LogP contribution in [0.15, 0.2) is 22.2 Å². The van der Waals surface area contributed by atoms with Crippen molar-refractivity contribution in [1.82, 2.24) is 4.90 Å². The van der Waals surface area contributed by atoms with Gasteiger partial charge in [0.25, 0.3) is 0 Å². The van der Waals surface area contributed by atoms with Gasteiger partial charge in [-0.15, -0.1) is 0 Å².